The van der Waals surface area contributed by atoms with Gasteiger partial charge >= 0.3 is 5.97 Å². The van der Waals surface area contributed by atoms with Crippen molar-refractivity contribution in [2.75, 3.05) is 20.8 Å². The Morgan fingerprint density at radius 2 is 1.76 bits per heavy atom. The molecule has 0 bridgehead atoms. The smallest absolute Gasteiger partial charge is 0.336 e. The van der Waals surface area contributed by atoms with Crippen molar-refractivity contribution in [3.63, 3.8) is 0 Å². The van der Waals surface area contributed by atoms with Crippen molar-refractivity contribution in [2.45, 2.75) is 45.4 Å². The number of nitrogens with one attached hydrogen (secondary N) is 1. The van der Waals surface area contributed by atoms with Gasteiger partial charge in [-0.15, -0.1) is 0 Å². The number of benzene rings is 2. The average Bonchev–Trinajstić information content (AvgIpc) is 2.83. The van der Waals surface area contributed by atoms with Gasteiger partial charge in [-0.2, -0.15) is 0 Å². The van der Waals surface area contributed by atoms with Gasteiger partial charge in [-0.1, -0.05) is 30.3 Å². The summed E-state index contributed by atoms with van der Waals surface area (Å²) >= 11 is 0. The van der Waals surface area contributed by atoms with Crippen LogP contribution in [0.1, 0.15) is 55.2 Å². The molecule has 0 unspecified atom stereocenters. The first-order valence-corrected chi connectivity index (χ1v) is 11.6. The van der Waals surface area contributed by atoms with Gasteiger partial charge in [-0.25, -0.2) is 4.79 Å². The summed E-state index contributed by atoms with van der Waals surface area (Å²) in [5, 5.41) is 3.39. The van der Waals surface area contributed by atoms with Gasteiger partial charge in [0.25, 0.3) is 0 Å². The number of dihydropyridines is 1. The molecule has 2 aliphatic rings. The molecule has 0 aromatic heterocycles. The van der Waals surface area contributed by atoms with Crippen LogP contribution >= 0.6 is 0 Å². The highest BCUT2D eigenvalue weighted by atomic mass is 16.5. The number of methoxy groups -OCH3 is 2. The van der Waals surface area contributed by atoms with Crippen LogP contribution in [0.4, 0.5) is 0 Å². The molecule has 0 radical (unpaired) electrons. The number of carbonyl (C=O) groups excluding carboxylic acids is 2. The Morgan fingerprint density at radius 1 is 1.03 bits per heavy atom. The Bertz CT molecular complexity index is 1190. The van der Waals surface area contributed by atoms with Crippen LogP contribution in [0.25, 0.3) is 0 Å². The highest BCUT2D eigenvalue weighted by Gasteiger charge is 2.41. The summed E-state index contributed by atoms with van der Waals surface area (Å²) in [7, 11) is 3.21. The van der Waals surface area contributed by atoms with E-state index in [9.17, 15) is 9.59 Å². The molecule has 1 heterocycles. The van der Waals surface area contributed by atoms with Crippen LogP contribution in [0, 0.1) is 6.92 Å². The van der Waals surface area contributed by atoms with E-state index in [-0.39, 0.29) is 24.3 Å². The lowest BCUT2D eigenvalue weighted by Crippen LogP contribution is -2.36. The zero-order valence-electron chi connectivity index (χ0n) is 20.4. The van der Waals surface area contributed by atoms with Crippen LogP contribution in [0.5, 0.6) is 11.5 Å². The average molecular weight is 462 g/mol. The Balaban J connectivity index is 1.79. The van der Waals surface area contributed by atoms with Crippen LogP contribution in [0.2, 0.25) is 0 Å². The van der Waals surface area contributed by atoms with Gasteiger partial charge in [0.05, 0.1) is 26.4 Å². The Kier molecular flexibility index (Phi) is 6.77. The van der Waals surface area contributed by atoms with Gasteiger partial charge in [0, 0.05) is 29.3 Å². The van der Waals surface area contributed by atoms with E-state index in [1.54, 1.807) is 21.1 Å². The van der Waals surface area contributed by atoms with Crippen molar-refractivity contribution < 1.29 is 23.8 Å². The number of rotatable bonds is 6. The van der Waals surface area contributed by atoms with Gasteiger partial charge in [0.1, 0.15) is 0 Å². The number of ketones is 1. The SMILES string of the molecule is CCOC(=O)C1=C(C)NC2=C(C(=O)C[C@H](c3ccc(OC)c(OC)c3)C2)[C@H]1c1ccccc1C. The Hall–Kier alpha value is -3.54. The fraction of sp³-hybridized carbons (Fsp3) is 0.357. The molecule has 1 aliphatic carbocycles. The lowest BCUT2D eigenvalue weighted by molar-refractivity contribution is -0.138. The summed E-state index contributed by atoms with van der Waals surface area (Å²) < 4.78 is 16.2. The summed E-state index contributed by atoms with van der Waals surface area (Å²) in [5.74, 6) is 0.491. The van der Waals surface area contributed by atoms with Crippen molar-refractivity contribution >= 4 is 11.8 Å². The molecule has 0 fully saturated rings. The molecule has 4 rings (SSSR count). The summed E-state index contributed by atoms with van der Waals surface area (Å²) in [6, 6.07) is 13.7. The van der Waals surface area contributed by atoms with Crippen molar-refractivity contribution in [2.24, 2.45) is 0 Å². The third kappa shape index (κ3) is 4.20. The monoisotopic (exact) mass is 461 g/mol. The topological polar surface area (TPSA) is 73.9 Å². The fourth-order valence-electron chi connectivity index (χ4n) is 5.08. The molecule has 6 nitrogen and oxygen atoms in total. The zero-order valence-corrected chi connectivity index (χ0v) is 20.4. The van der Waals surface area contributed by atoms with E-state index in [0.29, 0.717) is 35.5 Å². The first kappa shape index (κ1) is 23.6. The molecule has 6 heteroatoms. The maximum Gasteiger partial charge on any atom is 0.336 e. The van der Waals surface area contributed by atoms with Gasteiger partial charge in [-0.05, 0) is 61.9 Å². The molecule has 34 heavy (non-hydrogen) atoms. The van der Waals surface area contributed by atoms with Crippen LogP contribution in [0.15, 0.2) is 65.0 Å². The van der Waals surface area contributed by atoms with E-state index in [2.05, 4.69) is 5.32 Å². The first-order valence-electron chi connectivity index (χ1n) is 11.6. The highest BCUT2D eigenvalue weighted by Crippen LogP contribution is 2.47. The maximum absolute atomic E-state index is 13.7. The summed E-state index contributed by atoms with van der Waals surface area (Å²) in [6.45, 7) is 5.95. The summed E-state index contributed by atoms with van der Waals surface area (Å²) in [6.07, 6.45) is 1.01. The number of ether oxygens (including phenoxy) is 3. The first-order chi connectivity index (χ1) is 16.4. The van der Waals surface area contributed by atoms with E-state index in [0.717, 1.165) is 28.1 Å². The van der Waals surface area contributed by atoms with Crippen molar-refractivity contribution in [3.8, 4) is 11.5 Å². The Morgan fingerprint density at radius 3 is 2.44 bits per heavy atom. The van der Waals surface area contributed by atoms with Crippen LogP contribution in [-0.4, -0.2) is 32.6 Å². The zero-order chi connectivity index (χ0) is 24.4. The van der Waals surface area contributed by atoms with E-state index in [1.807, 2.05) is 56.3 Å². The molecule has 0 amide bonds. The third-order valence-electron chi connectivity index (χ3n) is 6.70. The molecule has 1 N–H and O–H groups in total. The largest absolute Gasteiger partial charge is 0.493 e. The minimum atomic E-state index is -0.449. The summed E-state index contributed by atoms with van der Waals surface area (Å²) in [4.78, 5) is 26.7. The predicted molar refractivity (Wildman–Crippen MR) is 130 cm³/mol. The molecule has 2 atom stereocenters. The molecule has 0 saturated carbocycles. The lowest BCUT2D eigenvalue weighted by atomic mass is 9.71. The van der Waals surface area contributed by atoms with Gasteiger partial charge in [-0.3, -0.25) is 4.79 Å². The second-order valence-corrected chi connectivity index (χ2v) is 8.71. The normalized spacial score (nSPS) is 20.0. The molecule has 0 spiro atoms. The number of carbonyl (C=O) groups is 2. The standard InChI is InChI=1S/C28H31NO5/c1-6-34-28(31)25-17(3)29-21-13-19(18-11-12-23(32-4)24(15-18)33-5)14-22(30)27(21)26(25)20-10-8-7-9-16(20)2/h7-12,15,19,26,29H,6,13-14H2,1-5H3/t19-,26+/m1/s1. The number of Topliss-reactive ketones (excluding diaryl/α,β-unsaturated/α-hetero) is 1. The van der Waals surface area contributed by atoms with E-state index < -0.39 is 5.92 Å². The molecular weight excluding hydrogens is 430 g/mol. The van der Waals surface area contributed by atoms with Crippen LogP contribution < -0.4 is 14.8 Å². The molecule has 178 valence electrons. The minimum Gasteiger partial charge on any atom is -0.493 e. The van der Waals surface area contributed by atoms with Crippen molar-refractivity contribution in [3.05, 3.63) is 81.7 Å². The quantitative estimate of drug-likeness (QED) is 0.615. The molecular formula is C28H31NO5. The fourth-order valence-corrected chi connectivity index (χ4v) is 5.08. The minimum absolute atomic E-state index is 0.00646. The van der Waals surface area contributed by atoms with Gasteiger partial charge in [0.15, 0.2) is 17.3 Å². The molecule has 2 aromatic carbocycles. The second-order valence-electron chi connectivity index (χ2n) is 8.71. The maximum atomic E-state index is 13.7. The van der Waals surface area contributed by atoms with Crippen LogP contribution in [-0.2, 0) is 14.3 Å². The van der Waals surface area contributed by atoms with E-state index >= 15 is 0 Å². The number of hydrogen-bond donors (Lipinski definition) is 1. The van der Waals surface area contributed by atoms with Gasteiger partial charge in [0.2, 0.25) is 0 Å². The molecule has 0 saturated heterocycles. The number of aryl methyl sites for hydroxylation is 1. The second kappa shape index (κ2) is 9.75. The number of esters is 1. The highest BCUT2D eigenvalue weighted by molar-refractivity contribution is 6.04. The van der Waals surface area contributed by atoms with E-state index in [1.165, 1.54) is 0 Å². The predicted octanol–water partition coefficient (Wildman–Crippen LogP) is 4.94. The van der Waals surface area contributed by atoms with Gasteiger partial charge < -0.3 is 19.5 Å². The summed E-state index contributed by atoms with van der Waals surface area (Å²) in [5.41, 5.74) is 5.78. The van der Waals surface area contributed by atoms with Crippen molar-refractivity contribution in [1.82, 2.24) is 5.32 Å². The lowest BCUT2D eigenvalue weighted by Gasteiger charge is -2.37. The number of allylic oxidation sites excluding steroid dienone is 3. The molecule has 1 aliphatic heterocycles. The third-order valence-corrected chi connectivity index (χ3v) is 6.70. The Labute approximate surface area is 200 Å². The molecule has 2 aromatic rings. The van der Waals surface area contributed by atoms with Crippen molar-refractivity contribution in [1.29, 1.82) is 0 Å². The van der Waals surface area contributed by atoms with Crippen LogP contribution in [0.3, 0.4) is 0 Å². The van der Waals surface area contributed by atoms with E-state index in [4.69, 9.17) is 14.2 Å². The number of hydrogen-bond acceptors (Lipinski definition) is 6.